The lowest BCUT2D eigenvalue weighted by atomic mass is 9.44. The maximum atomic E-state index is 13.5. The Bertz CT molecular complexity index is 773. The van der Waals surface area contributed by atoms with Crippen LogP contribution >= 0.6 is 0 Å². The molecule has 4 aliphatic rings. The maximum Gasteiger partial charge on any atom is 0.303 e. The minimum absolute atomic E-state index is 0.0849. The monoisotopic (exact) mass is 404 g/mol. The Hall–Kier alpha value is -1.56. The van der Waals surface area contributed by atoms with Gasteiger partial charge in [0.15, 0.2) is 6.61 Å². The molecule has 0 aromatic carbocycles. The Morgan fingerprint density at radius 3 is 2.55 bits per heavy atom. The summed E-state index contributed by atoms with van der Waals surface area (Å²) in [6.07, 6.45) is 4.90. The van der Waals surface area contributed by atoms with Crippen molar-refractivity contribution in [3.8, 4) is 0 Å². The summed E-state index contributed by atoms with van der Waals surface area (Å²) in [7, 11) is 0. The molecule has 1 N–H and O–H groups in total. The second kappa shape index (κ2) is 6.73. The highest BCUT2D eigenvalue weighted by Crippen LogP contribution is 2.67. The molecule has 0 aromatic heterocycles. The van der Waals surface area contributed by atoms with Gasteiger partial charge in [-0.15, -0.1) is 0 Å². The Balaban J connectivity index is 1.64. The smallest absolute Gasteiger partial charge is 0.303 e. The first-order chi connectivity index (χ1) is 13.5. The van der Waals surface area contributed by atoms with E-state index in [1.165, 1.54) is 6.92 Å². The summed E-state index contributed by atoms with van der Waals surface area (Å²) >= 11 is 0. The second-order valence-electron chi connectivity index (χ2n) is 10.4. The Kier molecular flexibility index (Phi) is 4.80. The third kappa shape index (κ3) is 2.85. The van der Waals surface area contributed by atoms with E-state index in [2.05, 4.69) is 6.92 Å². The minimum atomic E-state index is -1.63. The van der Waals surface area contributed by atoms with Crippen molar-refractivity contribution < 1.29 is 29.0 Å². The Morgan fingerprint density at radius 1 is 1.14 bits per heavy atom. The molecule has 4 fully saturated rings. The van der Waals surface area contributed by atoms with Crippen molar-refractivity contribution >= 4 is 23.3 Å². The fraction of sp³-hybridized carbons (Fsp3) is 0.826. The summed E-state index contributed by atoms with van der Waals surface area (Å²) in [4.78, 5) is 49.5. The number of Topliss-reactive ketones (excluding diaryl/α,β-unsaturated/α-hetero) is 3. The zero-order chi connectivity index (χ0) is 21.2. The third-order valence-corrected chi connectivity index (χ3v) is 9.19. The van der Waals surface area contributed by atoms with Gasteiger partial charge in [-0.1, -0.05) is 13.8 Å². The number of hydrogen-bond acceptors (Lipinski definition) is 6. The van der Waals surface area contributed by atoms with Crippen LogP contribution < -0.4 is 0 Å². The van der Waals surface area contributed by atoms with Crippen LogP contribution in [0.25, 0.3) is 0 Å². The first-order valence-corrected chi connectivity index (χ1v) is 11.0. The van der Waals surface area contributed by atoms with Crippen molar-refractivity contribution in [3.05, 3.63) is 0 Å². The van der Waals surface area contributed by atoms with Gasteiger partial charge in [-0.2, -0.15) is 0 Å². The molecule has 29 heavy (non-hydrogen) atoms. The second-order valence-corrected chi connectivity index (χ2v) is 10.4. The van der Waals surface area contributed by atoms with Crippen LogP contribution in [0.5, 0.6) is 0 Å². The van der Waals surface area contributed by atoms with E-state index in [1.807, 2.05) is 6.92 Å². The maximum absolute atomic E-state index is 13.5. The largest absolute Gasteiger partial charge is 0.458 e. The molecule has 2 unspecified atom stereocenters. The van der Waals surface area contributed by atoms with Gasteiger partial charge in [-0.3, -0.25) is 19.2 Å². The SMILES string of the molecule is CC(=O)OCC(=O)[C@@]1(O)CCC2[C@@H]3CC[C@H]4CC(=O)CC[C@]4(C)C3C(=O)C[C@@]21C. The van der Waals surface area contributed by atoms with Crippen molar-refractivity contribution in [3.63, 3.8) is 0 Å². The molecule has 4 rings (SSSR count). The molecular weight excluding hydrogens is 372 g/mol. The van der Waals surface area contributed by atoms with Crippen LogP contribution in [-0.4, -0.2) is 40.6 Å². The molecule has 0 bridgehead atoms. The molecule has 4 saturated carbocycles. The van der Waals surface area contributed by atoms with E-state index in [0.29, 0.717) is 31.5 Å². The first-order valence-electron chi connectivity index (χ1n) is 11.0. The Morgan fingerprint density at radius 2 is 1.86 bits per heavy atom. The van der Waals surface area contributed by atoms with Gasteiger partial charge < -0.3 is 9.84 Å². The van der Waals surface area contributed by atoms with Crippen molar-refractivity contribution in [2.75, 3.05) is 6.61 Å². The molecule has 0 saturated heterocycles. The van der Waals surface area contributed by atoms with Gasteiger partial charge >= 0.3 is 5.97 Å². The third-order valence-electron chi connectivity index (χ3n) is 9.19. The van der Waals surface area contributed by atoms with Crippen LogP contribution in [0, 0.1) is 34.5 Å². The number of esters is 1. The van der Waals surface area contributed by atoms with Gasteiger partial charge in [0, 0.05) is 37.5 Å². The molecule has 6 nitrogen and oxygen atoms in total. The molecular formula is C23H32O6. The molecule has 0 heterocycles. The average molecular weight is 405 g/mol. The van der Waals surface area contributed by atoms with Gasteiger partial charge in [-0.25, -0.2) is 0 Å². The van der Waals surface area contributed by atoms with E-state index in [4.69, 9.17) is 4.74 Å². The summed E-state index contributed by atoms with van der Waals surface area (Å²) in [6.45, 7) is 4.86. The average Bonchev–Trinajstić information content (AvgIpc) is 2.91. The zero-order valence-corrected chi connectivity index (χ0v) is 17.7. The standard InChI is InChI=1S/C23H32O6/c1-13(24)29-12-19(27)23(28)9-7-17-16-5-4-14-10-15(25)6-8-21(14,2)20(16)18(26)11-22(17,23)3/h14,16-17,20,28H,4-12H2,1-3H3/t14-,16-,17?,20?,21-,22-,23-/m0/s1. The number of fused-ring (bicyclic) bond motifs is 5. The van der Waals surface area contributed by atoms with Crippen molar-refractivity contribution in [2.45, 2.75) is 77.7 Å². The van der Waals surface area contributed by atoms with Crippen LogP contribution in [0.3, 0.4) is 0 Å². The molecule has 0 amide bonds. The fourth-order valence-corrected chi connectivity index (χ4v) is 7.61. The normalized spacial score (nSPS) is 46.5. The number of carbonyl (C=O) groups is 4. The van der Waals surface area contributed by atoms with Gasteiger partial charge in [0.1, 0.15) is 17.2 Å². The molecule has 0 aromatic rings. The van der Waals surface area contributed by atoms with E-state index >= 15 is 0 Å². The molecule has 160 valence electrons. The summed E-state index contributed by atoms with van der Waals surface area (Å²) in [5, 5.41) is 11.4. The molecule has 0 spiro atoms. The highest BCUT2D eigenvalue weighted by atomic mass is 16.5. The molecule has 7 atom stereocenters. The molecule has 0 aliphatic heterocycles. The Labute approximate surface area is 171 Å². The predicted octanol–water partition coefficient (Wildman–Crippen LogP) is 2.64. The van der Waals surface area contributed by atoms with Crippen LogP contribution in [-0.2, 0) is 23.9 Å². The lowest BCUT2D eigenvalue weighted by molar-refractivity contribution is -0.180. The predicted molar refractivity (Wildman–Crippen MR) is 104 cm³/mol. The summed E-state index contributed by atoms with van der Waals surface area (Å²) in [5.41, 5.74) is -2.61. The quantitative estimate of drug-likeness (QED) is 0.726. The van der Waals surface area contributed by atoms with Crippen molar-refractivity contribution in [1.29, 1.82) is 0 Å². The van der Waals surface area contributed by atoms with Gasteiger partial charge in [0.2, 0.25) is 5.78 Å². The van der Waals surface area contributed by atoms with E-state index < -0.39 is 29.4 Å². The van der Waals surface area contributed by atoms with Gasteiger partial charge in [-0.05, 0) is 55.3 Å². The van der Waals surface area contributed by atoms with Crippen LogP contribution in [0.15, 0.2) is 0 Å². The highest BCUT2D eigenvalue weighted by molar-refractivity contribution is 5.93. The topological polar surface area (TPSA) is 97.7 Å². The van der Waals surface area contributed by atoms with Crippen molar-refractivity contribution in [2.24, 2.45) is 34.5 Å². The van der Waals surface area contributed by atoms with Gasteiger partial charge in [0.05, 0.1) is 0 Å². The lowest BCUT2D eigenvalue weighted by Crippen LogP contribution is -2.62. The number of ether oxygens (including phenoxy) is 1. The number of rotatable bonds is 3. The highest BCUT2D eigenvalue weighted by Gasteiger charge is 2.69. The molecule has 6 heteroatoms. The summed E-state index contributed by atoms with van der Waals surface area (Å²) in [5.74, 6) is -0.187. The number of hydrogen-bond donors (Lipinski definition) is 1. The lowest BCUT2D eigenvalue weighted by Gasteiger charge is -2.59. The first kappa shape index (κ1) is 20.7. The number of carbonyl (C=O) groups excluding carboxylic acids is 4. The van der Waals surface area contributed by atoms with E-state index in [0.717, 1.165) is 19.3 Å². The minimum Gasteiger partial charge on any atom is -0.458 e. The number of ketones is 3. The summed E-state index contributed by atoms with van der Waals surface area (Å²) in [6, 6.07) is 0. The molecule has 0 radical (unpaired) electrons. The molecule has 4 aliphatic carbocycles. The van der Waals surface area contributed by atoms with Crippen molar-refractivity contribution in [1.82, 2.24) is 0 Å². The van der Waals surface area contributed by atoms with Gasteiger partial charge in [0.25, 0.3) is 0 Å². The van der Waals surface area contributed by atoms with E-state index in [1.54, 1.807) is 0 Å². The number of aliphatic hydroxyl groups is 1. The van der Waals surface area contributed by atoms with E-state index in [9.17, 15) is 24.3 Å². The van der Waals surface area contributed by atoms with Crippen LogP contribution in [0.1, 0.15) is 72.1 Å². The summed E-state index contributed by atoms with van der Waals surface area (Å²) < 4.78 is 4.87. The van der Waals surface area contributed by atoms with Crippen LogP contribution in [0.4, 0.5) is 0 Å². The van der Waals surface area contributed by atoms with E-state index in [-0.39, 0.29) is 41.3 Å². The van der Waals surface area contributed by atoms with Crippen LogP contribution in [0.2, 0.25) is 0 Å². The fourth-order valence-electron chi connectivity index (χ4n) is 7.61. The zero-order valence-electron chi connectivity index (χ0n) is 17.7.